The van der Waals surface area contributed by atoms with Gasteiger partial charge in [0.05, 0.1) is 12.0 Å². The maximum atomic E-state index is 11.6. The number of ether oxygens (including phenoxy) is 2. The number of anilines is 1. The van der Waals surface area contributed by atoms with Gasteiger partial charge in [-0.2, -0.15) is 0 Å². The molecule has 5 rings (SSSR count). The molecule has 1 amide bonds. The van der Waals surface area contributed by atoms with E-state index < -0.39 is 0 Å². The van der Waals surface area contributed by atoms with E-state index in [9.17, 15) is 4.79 Å². The van der Waals surface area contributed by atoms with E-state index in [1.165, 1.54) is 6.33 Å². The lowest BCUT2D eigenvalue weighted by Gasteiger charge is -2.36. The molecule has 0 spiro atoms. The van der Waals surface area contributed by atoms with Crippen molar-refractivity contribution >= 4 is 22.9 Å². The van der Waals surface area contributed by atoms with Crippen LogP contribution in [-0.4, -0.2) is 33.8 Å². The lowest BCUT2D eigenvalue weighted by molar-refractivity contribution is 0.141. The van der Waals surface area contributed by atoms with Crippen LogP contribution in [0.1, 0.15) is 31.4 Å². The average molecular weight is 472 g/mol. The highest BCUT2D eigenvalue weighted by Crippen LogP contribution is 2.43. The third-order valence-electron chi connectivity index (χ3n) is 6.45. The van der Waals surface area contributed by atoms with E-state index in [4.69, 9.17) is 15.2 Å². The van der Waals surface area contributed by atoms with Crippen molar-refractivity contribution in [2.24, 2.45) is 5.92 Å². The third-order valence-corrected chi connectivity index (χ3v) is 6.45. The predicted molar refractivity (Wildman–Crippen MR) is 135 cm³/mol. The summed E-state index contributed by atoms with van der Waals surface area (Å²) < 4.78 is 13.2. The van der Waals surface area contributed by atoms with Gasteiger partial charge >= 0.3 is 6.09 Å². The number of aromatic nitrogens is 3. The topological polar surface area (TPSA) is 104 Å². The number of alkyl carbamates (subject to hydrolysis) is 1. The molecule has 0 unspecified atom stereocenters. The van der Waals surface area contributed by atoms with E-state index in [-0.39, 0.29) is 12.1 Å². The van der Waals surface area contributed by atoms with Gasteiger partial charge in [-0.05, 0) is 48.9 Å². The van der Waals surface area contributed by atoms with E-state index in [0.29, 0.717) is 31.5 Å². The molecule has 0 atom stereocenters. The minimum absolute atomic E-state index is 0.284. The molecule has 2 heterocycles. The molecule has 8 heteroatoms. The van der Waals surface area contributed by atoms with Crippen LogP contribution in [0.4, 0.5) is 10.6 Å². The Morgan fingerprint density at radius 2 is 1.97 bits per heavy atom. The van der Waals surface area contributed by atoms with Gasteiger partial charge in [-0.1, -0.05) is 42.5 Å². The van der Waals surface area contributed by atoms with Crippen LogP contribution in [0.15, 0.2) is 67.1 Å². The summed E-state index contributed by atoms with van der Waals surface area (Å²) in [7, 11) is 0. The van der Waals surface area contributed by atoms with E-state index in [0.717, 1.165) is 46.3 Å². The van der Waals surface area contributed by atoms with Crippen LogP contribution in [-0.2, 0) is 11.3 Å². The fourth-order valence-corrected chi connectivity index (χ4v) is 4.60. The van der Waals surface area contributed by atoms with E-state index in [1.807, 2.05) is 54.6 Å². The van der Waals surface area contributed by atoms with Crippen molar-refractivity contribution < 1.29 is 14.3 Å². The van der Waals surface area contributed by atoms with Gasteiger partial charge in [-0.3, -0.25) is 0 Å². The fourth-order valence-electron chi connectivity index (χ4n) is 4.60. The maximum Gasteiger partial charge on any atom is 0.407 e. The molecule has 3 N–H and O–H groups in total. The number of amides is 1. The van der Waals surface area contributed by atoms with Crippen LogP contribution >= 0.6 is 0 Å². The van der Waals surface area contributed by atoms with Gasteiger partial charge in [0.2, 0.25) is 0 Å². The Hall–Kier alpha value is -4.07. The van der Waals surface area contributed by atoms with Gasteiger partial charge in [0.1, 0.15) is 30.1 Å². The second-order valence-electron chi connectivity index (χ2n) is 8.80. The molecule has 2 aromatic heterocycles. The van der Waals surface area contributed by atoms with Crippen LogP contribution in [0.2, 0.25) is 0 Å². The number of nitrogens with two attached hydrogens (primary N) is 1. The van der Waals surface area contributed by atoms with Crippen LogP contribution in [0.25, 0.3) is 22.2 Å². The highest BCUT2D eigenvalue weighted by molar-refractivity contribution is 6.00. The Labute approximate surface area is 204 Å². The van der Waals surface area contributed by atoms with Crippen LogP contribution in [0.5, 0.6) is 5.75 Å². The normalized spacial score (nSPS) is 17.1. The number of hydrogen-bond acceptors (Lipinski definition) is 6. The molecule has 1 aliphatic carbocycles. The molecule has 0 radical (unpaired) electrons. The Kier molecular flexibility index (Phi) is 6.52. The summed E-state index contributed by atoms with van der Waals surface area (Å²) >= 11 is 0. The van der Waals surface area contributed by atoms with E-state index >= 15 is 0 Å². The Bertz CT molecular complexity index is 1320. The summed E-state index contributed by atoms with van der Waals surface area (Å²) in [6.45, 7) is 3.28. The van der Waals surface area contributed by atoms with Crippen molar-refractivity contribution in [1.29, 1.82) is 0 Å². The highest BCUT2D eigenvalue weighted by atomic mass is 16.5. The fraction of sp³-hybridized carbons (Fsp3) is 0.296. The zero-order valence-corrected chi connectivity index (χ0v) is 19.7. The zero-order valence-electron chi connectivity index (χ0n) is 19.7. The standard InChI is InChI=1S/C27H29N5O3/c1-2-34-27(33)29-14-19-11-21(12-19)32-15-23(24-25(28)30-17-31-26(24)32)20-9-6-10-22(13-20)35-16-18-7-4-3-5-8-18/h3-10,13,15,17,19,21H,2,11-12,14,16H2,1H3,(H,29,33)(H2,28,30,31). The number of rotatable bonds is 8. The first kappa shape index (κ1) is 22.7. The number of hydrogen-bond donors (Lipinski definition) is 2. The molecule has 180 valence electrons. The SMILES string of the molecule is CCOC(=O)NCC1CC(n2cc(-c3cccc(OCc4ccccc4)c3)c3c(N)ncnc32)C1. The molecular weight excluding hydrogens is 442 g/mol. The van der Waals surface area contributed by atoms with Crippen molar-refractivity contribution in [3.05, 3.63) is 72.7 Å². The highest BCUT2D eigenvalue weighted by Gasteiger charge is 2.32. The van der Waals surface area contributed by atoms with Crippen LogP contribution < -0.4 is 15.8 Å². The van der Waals surface area contributed by atoms with Crippen molar-refractivity contribution in [3.8, 4) is 16.9 Å². The molecule has 8 nitrogen and oxygen atoms in total. The molecule has 0 bridgehead atoms. The number of nitrogens with one attached hydrogen (secondary N) is 1. The lowest BCUT2D eigenvalue weighted by atomic mass is 9.80. The molecule has 1 saturated carbocycles. The first-order valence-electron chi connectivity index (χ1n) is 11.9. The summed E-state index contributed by atoms with van der Waals surface area (Å²) in [5, 5.41) is 3.68. The molecule has 4 aromatic rings. The number of carbonyl (C=O) groups excluding carboxylic acids is 1. The molecule has 2 aromatic carbocycles. The summed E-state index contributed by atoms with van der Waals surface area (Å²) in [5.41, 5.74) is 10.2. The average Bonchev–Trinajstić information content (AvgIpc) is 3.23. The number of nitrogen functional groups attached to an aromatic ring is 1. The van der Waals surface area contributed by atoms with Crippen molar-refractivity contribution in [3.63, 3.8) is 0 Å². The monoisotopic (exact) mass is 471 g/mol. The summed E-state index contributed by atoms with van der Waals surface area (Å²) in [6, 6.07) is 18.4. The van der Waals surface area contributed by atoms with Gasteiger partial charge in [0, 0.05) is 24.3 Å². The van der Waals surface area contributed by atoms with Gasteiger partial charge in [0.25, 0.3) is 0 Å². The quantitative estimate of drug-likeness (QED) is 0.377. The van der Waals surface area contributed by atoms with Crippen molar-refractivity contribution in [2.75, 3.05) is 18.9 Å². The van der Waals surface area contributed by atoms with E-state index in [1.54, 1.807) is 6.92 Å². The second kappa shape index (κ2) is 10.0. The number of carbonyl (C=O) groups is 1. The second-order valence-corrected chi connectivity index (χ2v) is 8.80. The van der Waals surface area contributed by atoms with Gasteiger partial charge in [-0.15, -0.1) is 0 Å². The van der Waals surface area contributed by atoms with Crippen molar-refractivity contribution in [2.45, 2.75) is 32.4 Å². The Balaban J connectivity index is 1.36. The smallest absolute Gasteiger partial charge is 0.407 e. The number of nitrogens with zero attached hydrogens (tertiary/aromatic N) is 3. The predicted octanol–water partition coefficient (Wildman–Crippen LogP) is 4.96. The van der Waals surface area contributed by atoms with Crippen LogP contribution in [0, 0.1) is 5.92 Å². The molecule has 0 aliphatic heterocycles. The summed E-state index contributed by atoms with van der Waals surface area (Å²) in [6.07, 6.45) is 5.15. The minimum atomic E-state index is -0.362. The zero-order chi connectivity index (χ0) is 24.2. The maximum absolute atomic E-state index is 11.6. The lowest BCUT2D eigenvalue weighted by Crippen LogP contribution is -2.37. The van der Waals surface area contributed by atoms with Gasteiger partial charge < -0.3 is 25.1 Å². The van der Waals surface area contributed by atoms with Gasteiger partial charge in [-0.25, -0.2) is 14.8 Å². The van der Waals surface area contributed by atoms with E-state index in [2.05, 4.69) is 26.0 Å². The molecule has 0 saturated heterocycles. The molecule has 1 fully saturated rings. The summed E-state index contributed by atoms with van der Waals surface area (Å²) in [5.74, 6) is 1.65. The largest absolute Gasteiger partial charge is 0.489 e. The third kappa shape index (κ3) is 4.91. The summed E-state index contributed by atoms with van der Waals surface area (Å²) in [4.78, 5) is 20.4. The Morgan fingerprint density at radius 1 is 1.14 bits per heavy atom. The first-order chi connectivity index (χ1) is 17.1. The number of benzene rings is 2. The van der Waals surface area contributed by atoms with Gasteiger partial charge in [0.15, 0.2) is 0 Å². The molecule has 35 heavy (non-hydrogen) atoms. The Morgan fingerprint density at radius 3 is 2.77 bits per heavy atom. The van der Waals surface area contributed by atoms with Crippen molar-refractivity contribution in [1.82, 2.24) is 19.9 Å². The van der Waals surface area contributed by atoms with Crippen LogP contribution in [0.3, 0.4) is 0 Å². The first-order valence-corrected chi connectivity index (χ1v) is 11.9. The molecule has 1 aliphatic rings. The molecular formula is C27H29N5O3. The number of fused-ring (bicyclic) bond motifs is 1. The minimum Gasteiger partial charge on any atom is -0.489 e.